The molecule has 21 heavy (non-hydrogen) atoms. The predicted molar refractivity (Wildman–Crippen MR) is 76.7 cm³/mol. The van der Waals surface area contributed by atoms with E-state index in [4.69, 9.17) is 4.42 Å². The Morgan fingerprint density at radius 1 is 1.14 bits per heavy atom. The molecule has 1 amide bonds. The van der Waals surface area contributed by atoms with Crippen LogP contribution >= 0.6 is 0 Å². The number of anilines is 1. The van der Waals surface area contributed by atoms with E-state index in [0.29, 0.717) is 5.89 Å². The zero-order valence-corrected chi connectivity index (χ0v) is 11.3. The van der Waals surface area contributed by atoms with Gasteiger partial charge in [0.2, 0.25) is 11.8 Å². The third-order valence-electron chi connectivity index (χ3n) is 2.78. The van der Waals surface area contributed by atoms with Gasteiger partial charge in [0.05, 0.1) is 0 Å². The molecule has 1 N–H and O–H groups in total. The Hall–Kier alpha value is -3.02. The lowest BCUT2D eigenvalue weighted by atomic mass is 10.2. The summed E-state index contributed by atoms with van der Waals surface area (Å²) in [4.78, 5) is 24.3. The summed E-state index contributed by atoms with van der Waals surface area (Å²) in [5.74, 6) is 0.224. The molecule has 0 fully saturated rings. The van der Waals surface area contributed by atoms with E-state index in [0.717, 1.165) is 11.3 Å². The molecule has 0 atom stereocenters. The maximum absolute atomic E-state index is 12.1. The zero-order valence-electron chi connectivity index (χ0n) is 11.3. The summed E-state index contributed by atoms with van der Waals surface area (Å²) in [5.41, 5.74) is 1.76. The van der Waals surface area contributed by atoms with Gasteiger partial charge in [0.25, 0.3) is 5.91 Å². The Bertz CT molecular complexity index is 768. The van der Waals surface area contributed by atoms with Gasteiger partial charge in [-0.05, 0) is 25.1 Å². The summed E-state index contributed by atoms with van der Waals surface area (Å²) in [6, 6.07) is 11.1. The van der Waals surface area contributed by atoms with Crippen LogP contribution in [0, 0.1) is 6.92 Å². The van der Waals surface area contributed by atoms with Crippen LogP contribution in [0.1, 0.15) is 16.2 Å². The fourth-order valence-corrected chi connectivity index (χ4v) is 1.77. The average Bonchev–Trinajstić information content (AvgIpc) is 2.98. The van der Waals surface area contributed by atoms with Crippen LogP contribution in [-0.2, 0) is 0 Å². The van der Waals surface area contributed by atoms with Crippen molar-refractivity contribution in [2.45, 2.75) is 6.92 Å². The van der Waals surface area contributed by atoms with Crippen molar-refractivity contribution in [3.05, 3.63) is 60.2 Å². The van der Waals surface area contributed by atoms with E-state index < -0.39 is 5.91 Å². The Morgan fingerprint density at radius 2 is 1.95 bits per heavy atom. The highest BCUT2D eigenvalue weighted by atomic mass is 16.3. The fourth-order valence-electron chi connectivity index (χ4n) is 1.77. The van der Waals surface area contributed by atoms with Crippen LogP contribution < -0.4 is 5.32 Å². The number of aromatic nitrogens is 3. The van der Waals surface area contributed by atoms with Gasteiger partial charge in [-0.25, -0.2) is 15.0 Å². The van der Waals surface area contributed by atoms with E-state index in [1.54, 1.807) is 12.3 Å². The molecular weight excluding hydrogens is 268 g/mol. The molecule has 0 aliphatic rings. The second-order valence-electron chi connectivity index (χ2n) is 4.38. The number of hydrogen-bond acceptors (Lipinski definition) is 5. The molecule has 0 aliphatic carbocycles. The zero-order chi connectivity index (χ0) is 14.7. The van der Waals surface area contributed by atoms with Crippen molar-refractivity contribution in [1.29, 1.82) is 0 Å². The molecular formula is C15H12N4O2. The second-order valence-corrected chi connectivity index (χ2v) is 4.38. The molecule has 0 aliphatic heterocycles. The first-order chi connectivity index (χ1) is 10.2. The molecule has 0 spiro atoms. The van der Waals surface area contributed by atoms with Crippen LogP contribution in [0.15, 0.2) is 53.3 Å². The first-order valence-corrected chi connectivity index (χ1v) is 6.34. The van der Waals surface area contributed by atoms with Crippen LogP contribution in [0.4, 0.5) is 5.95 Å². The molecule has 0 bridgehead atoms. The molecule has 6 heteroatoms. The van der Waals surface area contributed by atoms with Crippen LogP contribution in [-0.4, -0.2) is 20.9 Å². The quantitative estimate of drug-likeness (QED) is 0.797. The van der Waals surface area contributed by atoms with Crippen molar-refractivity contribution in [3.8, 4) is 11.5 Å². The summed E-state index contributed by atoms with van der Waals surface area (Å²) >= 11 is 0. The van der Waals surface area contributed by atoms with Gasteiger partial charge < -0.3 is 4.42 Å². The van der Waals surface area contributed by atoms with E-state index in [9.17, 15) is 4.79 Å². The average molecular weight is 280 g/mol. The first kappa shape index (κ1) is 13.0. The van der Waals surface area contributed by atoms with Crippen molar-refractivity contribution in [2.75, 3.05) is 5.32 Å². The third-order valence-corrected chi connectivity index (χ3v) is 2.78. The Kier molecular flexibility index (Phi) is 3.42. The van der Waals surface area contributed by atoms with Crippen molar-refractivity contribution >= 4 is 11.9 Å². The summed E-state index contributed by atoms with van der Waals surface area (Å²) in [5, 5.41) is 2.58. The summed E-state index contributed by atoms with van der Waals surface area (Å²) < 4.78 is 5.32. The highest BCUT2D eigenvalue weighted by Crippen LogP contribution is 2.18. The normalized spacial score (nSPS) is 10.3. The van der Waals surface area contributed by atoms with Gasteiger partial charge in [0, 0.05) is 17.5 Å². The minimum atomic E-state index is -0.411. The molecule has 0 unspecified atom stereocenters. The standard InChI is InChI=1S/C15H12N4O2/c1-10-7-8-16-15(17-10)19-13(20)12-9-21-14(18-12)11-5-3-2-4-6-11/h2-9H,1H3,(H,16,17,19,20). The van der Waals surface area contributed by atoms with Gasteiger partial charge in [0.15, 0.2) is 5.69 Å². The minimum Gasteiger partial charge on any atom is -0.444 e. The molecule has 0 saturated heterocycles. The largest absolute Gasteiger partial charge is 0.444 e. The van der Waals surface area contributed by atoms with Crippen molar-refractivity contribution < 1.29 is 9.21 Å². The van der Waals surface area contributed by atoms with Crippen molar-refractivity contribution in [2.24, 2.45) is 0 Å². The maximum atomic E-state index is 12.1. The summed E-state index contributed by atoms with van der Waals surface area (Å²) in [6.07, 6.45) is 2.89. The molecule has 0 radical (unpaired) electrons. The molecule has 3 rings (SSSR count). The number of nitrogens with one attached hydrogen (secondary N) is 1. The topological polar surface area (TPSA) is 80.9 Å². The van der Waals surface area contributed by atoms with Crippen molar-refractivity contribution in [1.82, 2.24) is 15.0 Å². The number of carbonyl (C=O) groups is 1. The number of oxazole rings is 1. The Morgan fingerprint density at radius 3 is 2.71 bits per heavy atom. The molecule has 104 valence electrons. The van der Waals surface area contributed by atoms with Crippen LogP contribution in [0.2, 0.25) is 0 Å². The summed E-state index contributed by atoms with van der Waals surface area (Å²) in [7, 11) is 0. The number of nitrogens with zero attached hydrogens (tertiary/aromatic N) is 3. The van der Waals surface area contributed by atoms with Crippen LogP contribution in [0.25, 0.3) is 11.5 Å². The lowest BCUT2D eigenvalue weighted by Crippen LogP contribution is -2.14. The van der Waals surface area contributed by atoms with Crippen LogP contribution in [0.3, 0.4) is 0 Å². The Labute approximate surface area is 120 Å². The monoisotopic (exact) mass is 280 g/mol. The smallest absolute Gasteiger partial charge is 0.279 e. The lowest BCUT2D eigenvalue weighted by Gasteiger charge is -2.00. The van der Waals surface area contributed by atoms with E-state index in [2.05, 4.69) is 20.3 Å². The summed E-state index contributed by atoms with van der Waals surface area (Å²) in [6.45, 7) is 1.82. The van der Waals surface area contributed by atoms with Gasteiger partial charge in [0.1, 0.15) is 6.26 Å². The van der Waals surface area contributed by atoms with Gasteiger partial charge in [-0.2, -0.15) is 0 Å². The number of hydrogen-bond donors (Lipinski definition) is 1. The van der Waals surface area contributed by atoms with Crippen LogP contribution in [0.5, 0.6) is 0 Å². The third kappa shape index (κ3) is 2.94. The van der Waals surface area contributed by atoms with Gasteiger partial charge in [-0.1, -0.05) is 18.2 Å². The molecule has 6 nitrogen and oxygen atoms in total. The minimum absolute atomic E-state index is 0.180. The SMILES string of the molecule is Cc1ccnc(NC(=O)c2coc(-c3ccccc3)n2)n1. The fraction of sp³-hybridized carbons (Fsp3) is 0.0667. The predicted octanol–water partition coefficient (Wildman–Crippen LogP) is 2.69. The lowest BCUT2D eigenvalue weighted by molar-refractivity contribution is 0.102. The van der Waals surface area contributed by atoms with E-state index >= 15 is 0 Å². The van der Waals surface area contributed by atoms with Gasteiger partial charge in [-0.3, -0.25) is 10.1 Å². The van der Waals surface area contributed by atoms with E-state index in [1.165, 1.54) is 6.26 Å². The molecule has 1 aromatic carbocycles. The van der Waals surface area contributed by atoms with Gasteiger partial charge in [-0.15, -0.1) is 0 Å². The van der Waals surface area contributed by atoms with E-state index in [1.807, 2.05) is 37.3 Å². The number of rotatable bonds is 3. The van der Waals surface area contributed by atoms with E-state index in [-0.39, 0.29) is 11.6 Å². The van der Waals surface area contributed by atoms with Crippen molar-refractivity contribution in [3.63, 3.8) is 0 Å². The Balaban J connectivity index is 1.78. The highest BCUT2D eigenvalue weighted by molar-refractivity contribution is 6.01. The molecule has 2 aromatic heterocycles. The molecule has 2 heterocycles. The molecule has 0 saturated carbocycles. The second kappa shape index (κ2) is 5.54. The number of aryl methyl sites for hydroxylation is 1. The number of benzene rings is 1. The first-order valence-electron chi connectivity index (χ1n) is 6.34. The molecule has 3 aromatic rings. The number of carbonyl (C=O) groups excluding carboxylic acids is 1. The number of amides is 1. The van der Waals surface area contributed by atoms with Gasteiger partial charge >= 0.3 is 0 Å². The maximum Gasteiger partial charge on any atom is 0.279 e. The highest BCUT2D eigenvalue weighted by Gasteiger charge is 2.14.